The Bertz CT molecular complexity index is 1290. The number of hydrogen-bond donors (Lipinski definition) is 1. The molecule has 0 atom stereocenters. The van der Waals surface area contributed by atoms with Crippen LogP contribution >= 0.6 is 0 Å². The molecule has 0 saturated carbocycles. The summed E-state index contributed by atoms with van der Waals surface area (Å²) in [5, 5.41) is 0.417. The molecule has 3 aromatic rings. The van der Waals surface area contributed by atoms with Gasteiger partial charge in [0.2, 0.25) is 10.0 Å². The van der Waals surface area contributed by atoms with Gasteiger partial charge in [0.1, 0.15) is 11.6 Å². The molecule has 1 aromatic heterocycles. The zero-order valence-electron chi connectivity index (χ0n) is 17.4. The highest BCUT2D eigenvalue weighted by molar-refractivity contribution is 7.89. The van der Waals surface area contributed by atoms with E-state index < -0.39 is 21.7 Å². The molecule has 0 unspecified atom stereocenters. The minimum absolute atomic E-state index is 0.0919. The van der Waals surface area contributed by atoms with Gasteiger partial charge in [-0.05, 0) is 30.3 Å². The second kappa shape index (κ2) is 8.94. The molecule has 10 heteroatoms. The van der Waals surface area contributed by atoms with E-state index in [2.05, 4.69) is 9.97 Å². The Balaban J connectivity index is 1.91. The third kappa shape index (κ3) is 4.49. The first kappa shape index (κ1) is 22.6. The zero-order chi connectivity index (χ0) is 22.8. The van der Waals surface area contributed by atoms with E-state index in [1.54, 1.807) is 38.1 Å². The van der Waals surface area contributed by atoms with Gasteiger partial charge in [0.25, 0.3) is 11.5 Å². The average Bonchev–Trinajstić information content (AvgIpc) is 2.74. The van der Waals surface area contributed by atoms with Crippen LogP contribution in [0.5, 0.6) is 0 Å². The standard InChI is InChI=1S/C21H23FN4O4S/c1-4-26(5-2)31(29,30)14-10-11-17(22)16(12-14)21(28)25(3)13-19-23-18-9-7-6-8-15(18)20(27)24-19/h6-12H,4-5,13H2,1-3H3,(H,23,24,27). The maximum Gasteiger partial charge on any atom is 0.258 e. The summed E-state index contributed by atoms with van der Waals surface area (Å²) < 4.78 is 41.1. The van der Waals surface area contributed by atoms with Crippen LogP contribution in [0.3, 0.4) is 0 Å². The number of hydrogen-bond acceptors (Lipinski definition) is 5. The zero-order valence-corrected chi connectivity index (χ0v) is 18.2. The summed E-state index contributed by atoms with van der Waals surface area (Å²) in [6.07, 6.45) is 0. The normalized spacial score (nSPS) is 11.8. The van der Waals surface area contributed by atoms with E-state index in [1.165, 1.54) is 16.3 Å². The third-order valence-corrected chi connectivity index (χ3v) is 6.95. The molecule has 0 aliphatic heterocycles. The van der Waals surface area contributed by atoms with Crippen LogP contribution in [0.25, 0.3) is 10.9 Å². The smallest absolute Gasteiger partial charge is 0.258 e. The number of benzene rings is 2. The molecule has 0 bridgehead atoms. The summed E-state index contributed by atoms with van der Waals surface area (Å²) in [6.45, 7) is 3.80. The molecule has 164 valence electrons. The molecule has 31 heavy (non-hydrogen) atoms. The van der Waals surface area contributed by atoms with Crippen LogP contribution in [0.1, 0.15) is 30.0 Å². The quantitative estimate of drug-likeness (QED) is 0.600. The van der Waals surface area contributed by atoms with Gasteiger partial charge in [0.05, 0.1) is 27.9 Å². The highest BCUT2D eigenvalue weighted by Crippen LogP contribution is 2.20. The molecular formula is C21H23FN4O4S. The molecule has 0 spiro atoms. The Morgan fingerprint density at radius 1 is 1.13 bits per heavy atom. The van der Waals surface area contributed by atoms with Crippen molar-refractivity contribution in [3.05, 3.63) is 70.0 Å². The Morgan fingerprint density at radius 2 is 1.81 bits per heavy atom. The van der Waals surface area contributed by atoms with Crippen LogP contribution in [0, 0.1) is 5.82 Å². The van der Waals surface area contributed by atoms with Crippen molar-refractivity contribution in [2.75, 3.05) is 20.1 Å². The van der Waals surface area contributed by atoms with E-state index in [1.807, 2.05) is 0 Å². The number of fused-ring (bicyclic) bond motifs is 1. The fourth-order valence-corrected chi connectivity index (χ4v) is 4.74. The van der Waals surface area contributed by atoms with Crippen LogP contribution in [-0.2, 0) is 16.6 Å². The lowest BCUT2D eigenvalue weighted by molar-refractivity contribution is 0.0776. The van der Waals surface area contributed by atoms with E-state index in [0.29, 0.717) is 10.9 Å². The van der Waals surface area contributed by atoms with Crippen molar-refractivity contribution in [3.8, 4) is 0 Å². The fraction of sp³-hybridized carbons (Fsp3) is 0.286. The number of carbonyl (C=O) groups excluding carboxylic acids is 1. The number of halogens is 1. The number of nitrogens with zero attached hydrogens (tertiary/aromatic N) is 3. The second-order valence-corrected chi connectivity index (χ2v) is 8.86. The first-order valence-corrected chi connectivity index (χ1v) is 11.2. The summed E-state index contributed by atoms with van der Waals surface area (Å²) >= 11 is 0. The number of nitrogens with one attached hydrogen (secondary N) is 1. The van der Waals surface area contributed by atoms with Crippen molar-refractivity contribution in [1.29, 1.82) is 0 Å². The number of amides is 1. The van der Waals surface area contributed by atoms with Crippen LogP contribution in [0.2, 0.25) is 0 Å². The Hall–Kier alpha value is -3.11. The fourth-order valence-electron chi connectivity index (χ4n) is 3.25. The number of H-pyrrole nitrogens is 1. The third-order valence-electron chi connectivity index (χ3n) is 4.91. The monoisotopic (exact) mass is 446 g/mol. The minimum Gasteiger partial charge on any atom is -0.334 e. The molecule has 1 amide bonds. The molecule has 0 aliphatic rings. The van der Waals surface area contributed by atoms with Crippen LogP contribution < -0.4 is 5.56 Å². The largest absolute Gasteiger partial charge is 0.334 e. The average molecular weight is 447 g/mol. The molecule has 0 radical (unpaired) electrons. The molecule has 0 saturated heterocycles. The lowest BCUT2D eigenvalue weighted by atomic mass is 10.2. The topological polar surface area (TPSA) is 103 Å². The van der Waals surface area contributed by atoms with E-state index in [4.69, 9.17) is 0 Å². The van der Waals surface area contributed by atoms with E-state index in [9.17, 15) is 22.4 Å². The van der Waals surface area contributed by atoms with Crippen molar-refractivity contribution in [2.45, 2.75) is 25.3 Å². The Morgan fingerprint density at radius 3 is 2.48 bits per heavy atom. The number of sulfonamides is 1. The van der Waals surface area contributed by atoms with Crippen molar-refractivity contribution >= 4 is 26.8 Å². The van der Waals surface area contributed by atoms with Gasteiger partial charge in [0, 0.05) is 20.1 Å². The maximum atomic E-state index is 14.4. The summed E-state index contributed by atoms with van der Waals surface area (Å²) in [6, 6.07) is 9.92. The lowest BCUT2D eigenvalue weighted by Gasteiger charge is -2.20. The second-order valence-electron chi connectivity index (χ2n) is 6.92. The number of aromatic nitrogens is 2. The van der Waals surface area contributed by atoms with Gasteiger partial charge in [-0.3, -0.25) is 9.59 Å². The summed E-state index contributed by atoms with van der Waals surface area (Å²) in [5.41, 5.74) is -0.251. The van der Waals surface area contributed by atoms with Crippen molar-refractivity contribution in [1.82, 2.24) is 19.2 Å². The molecule has 0 aliphatic carbocycles. The van der Waals surface area contributed by atoms with Gasteiger partial charge in [-0.2, -0.15) is 4.31 Å². The van der Waals surface area contributed by atoms with Crippen LogP contribution in [0.4, 0.5) is 4.39 Å². The van der Waals surface area contributed by atoms with Crippen molar-refractivity contribution in [3.63, 3.8) is 0 Å². The van der Waals surface area contributed by atoms with Crippen molar-refractivity contribution in [2.24, 2.45) is 0 Å². The Labute approximate surface area is 179 Å². The summed E-state index contributed by atoms with van der Waals surface area (Å²) in [7, 11) is -2.43. The van der Waals surface area contributed by atoms with Crippen LogP contribution in [-0.4, -0.2) is 53.6 Å². The van der Waals surface area contributed by atoms with Crippen LogP contribution in [0.15, 0.2) is 52.2 Å². The highest BCUT2D eigenvalue weighted by Gasteiger charge is 2.25. The molecule has 1 N–H and O–H groups in total. The minimum atomic E-state index is -3.85. The number of aromatic amines is 1. The molecular weight excluding hydrogens is 423 g/mol. The Kier molecular flexibility index (Phi) is 6.51. The van der Waals surface area contributed by atoms with E-state index in [-0.39, 0.29) is 41.5 Å². The van der Waals surface area contributed by atoms with Gasteiger partial charge in [0.15, 0.2) is 0 Å². The number of para-hydroxylation sites is 1. The predicted octanol–water partition coefficient (Wildman–Crippen LogP) is 2.36. The molecule has 0 fully saturated rings. The number of carbonyl (C=O) groups is 1. The van der Waals surface area contributed by atoms with Crippen molar-refractivity contribution < 1.29 is 17.6 Å². The molecule has 3 rings (SSSR count). The van der Waals surface area contributed by atoms with Gasteiger partial charge in [-0.1, -0.05) is 26.0 Å². The molecule has 1 heterocycles. The van der Waals surface area contributed by atoms with Gasteiger partial charge in [-0.15, -0.1) is 0 Å². The van der Waals surface area contributed by atoms with Gasteiger partial charge >= 0.3 is 0 Å². The maximum absolute atomic E-state index is 14.4. The highest BCUT2D eigenvalue weighted by atomic mass is 32.2. The first-order chi connectivity index (χ1) is 14.7. The van der Waals surface area contributed by atoms with Gasteiger partial charge < -0.3 is 9.88 Å². The molecule has 8 nitrogen and oxygen atoms in total. The molecule has 2 aromatic carbocycles. The van der Waals surface area contributed by atoms with E-state index >= 15 is 0 Å². The predicted molar refractivity (Wildman–Crippen MR) is 115 cm³/mol. The summed E-state index contributed by atoms with van der Waals surface area (Å²) in [4.78, 5) is 33.0. The first-order valence-electron chi connectivity index (χ1n) is 9.72. The van der Waals surface area contributed by atoms with E-state index in [0.717, 1.165) is 18.2 Å². The SMILES string of the molecule is CCN(CC)S(=O)(=O)c1ccc(F)c(C(=O)N(C)Cc2nc3ccccc3c(=O)[nH]2)c1. The van der Waals surface area contributed by atoms with Gasteiger partial charge in [-0.25, -0.2) is 17.8 Å². The summed E-state index contributed by atoms with van der Waals surface area (Å²) in [5.74, 6) is -1.34. The lowest BCUT2D eigenvalue weighted by Crippen LogP contribution is -2.32. The number of rotatable bonds is 7.